The number of aromatic nitrogens is 2. The molecule has 1 amide bonds. The molecule has 0 fully saturated rings. The minimum Gasteiger partial charge on any atom is -0.467 e. The van der Waals surface area contributed by atoms with Crippen LogP contribution in [-0.4, -0.2) is 34.3 Å². The van der Waals surface area contributed by atoms with Crippen molar-refractivity contribution in [3.8, 4) is 5.88 Å². The van der Waals surface area contributed by atoms with Gasteiger partial charge in [-0.1, -0.05) is 30.3 Å². The maximum absolute atomic E-state index is 12.4. The molecule has 1 N–H and O–H groups in total. The number of ether oxygens (including phenoxy) is 1. The molecule has 1 aliphatic carbocycles. The van der Waals surface area contributed by atoms with Crippen molar-refractivity contribution in [3.63, 3.8) is 0 Å². The number of nitrogens with one attached hydrogen (secondary N) is 1. The van der Waals surface area contributed by atoms with Crippen molar-refractivity contribution >= 4 is 33.2 Å². The van der Waals surface area contributed by atoms with Crippen molar-refractivity contribution < 1.29 is 14.3 Å². The third-order valence-corrected chi connectivity index (χ3v) is 6.11. The maximum atomic E-state index is 12.4. The summed E-state index contributed by atoms with van der Waals surface area (Å²) >= 11 is 1.67. The molecule has 4 rings (SSSR count). The fraction of sp³-hybridized carbons (Fsp3) is 0.333. The molecule has 0 radical (unpaired) electrons. The van der Waals surface area contributed by atoms with E-state index in [1.807, 2.05) is 30.3 Å². The van der Waals surface area contributed by atoms with Gasteiger partial charge in [0.15, 0.2) is 12.4 Å². The lowest BCUT2D eigenvalue weighted by atomic mass is 10.0. The zero-order chi connectivity index (χ0) is 19.5. The predicted molar refractivity (Wildman–Crippen MR) is 108 cm³/mol. The molecule has 6 nitrogen and oxygen atoms in total. The summed E-state index contributed by atoms with van der Waals surface area (Å²) in [5.41, 5.74) is 2.25. The summed E-state index contributed by atoms with van der Waals surface area (Å²) in [6, 6.07) is 9.05. The number of fused-ring (bicyclic) bond motifs is 3. The van der Waals surface area contributed by atoms with Crippen molar-refractivity contribution in [1.29, 1.82) is 0 Å². The number of nitrogens with zero attached hydrogens (tertiary/aromatic N) is 2. The Labute approximate surface area is 167 Å². The van der Waals surface area contributed by atoms with Crippen LogP contribution in [0.15, 0.2) is 36.7 Å². The smallest absolute Gasteiger partial charge is 0.258 e. The molecule has 28 heavy (non-hydrogen) atoms. The van der Waals surface area contributed by atoms with Crippen LogP contribution in [0.1, 0.15) is 29.3 Å². The molecule has 0 aliphatic heterocycles. The van der Waals surface area contributed by atoms with E-state index in [-0.39, 0.29) is 18.3 Å². The van der Waals surface area contributed by atoms with Gasteiger partial charge in [-0.05, 0) is 43.7 Å². The van der Waals surface area contributed by atoms with Gasteiger partial charge in [-0.3, -0.25) is 9.59 Å². The van der Waals surface area contributed by atoms with Crippen LogP contribution in [0.25, 0.3) is 10.2 Å². The number of rotatable bonds is 7. The number of amides is 1. The lowest BCUT2D eigenvalue weighted by Gasteiger charge is -2.16. The van der Waals surface area contributed by atoms with Gasteiger partial charge in [-0.2, -0.15) is 0 Å². The summed E-state index contributed by atoms with van der Waals surface area (Å²) in [5, 5.41) is 3.71. The highest BCUT2D eigenvalue weighted by molar-refractivity contribution is 7.18. The van der Waals surface area contributed by atoms with E-state index in [1.165, 1.54) is 23.7 Å². The van der Waals surface area contributed by atoms with Crippen LogP contribution in [0.3, 0.4) is 0 Å². The summed E-state index contributed by atoms with van der Waals surface area (Å²) in [4.78, 5) is 35.2. The first-order valence-corrected chi connectivity index (χ1v) is 10.1. The number of carbonyl (C=O) groups excluding carboxylic acids is 2. The molecular formula is C21H21N3O3S. The number of carbonyl (C=O) groups is 2. The molecule has 1 aliphatic rings. The molecular weight excluding hydrogens is 374 g/mol. The van der Waals surface area contributed by atoms with Crippen LogP contribution in [0.4, 0.5) is 0 Å². The molecule has 1 aromatic carbocycles. The van der Waals surface area contributed by atoms with E-state index in [9.17, 15) is 9.59 Å². The first kappa shape index (κ1) is 18.6. The molecule has 3 aromatic rings. The third kappa shape index (κ3) is 3.89. The van der Waals surface area contributed by atoms with E-state index in [0.717, 1.165) is 35.0 Å². The van der Waals surface area contributed by atoms with Crippen molar-refractivity contribution in [2.45, 2.75) is 38.6 Å². The molecule has 7 heteroatoms. The second-order valence-corrected chi connectivity index (χ2v) is 8.01. The van der Waals surface area contributed by atoms with Crippen LogP contribution in [0.2, 0.25) is 0 Å². The molecule has 0 saturated heterocycles. The summed E-state index contributed by atoms with van der Waals surface area (Å²) in [7, 11) is 0. The van der Waals surface area contributed by atoms with E-state index in [2.05, 4.69) is 15.3 Å². The molecule has 0 unspecified atom stereocenters. The van der Waals surface area contributed by atoms with E-state index >= 15 is 0 Å². The van der Waals surface area contributed by atoms with E-state index < -0.39 is 6.04 Å². The van der Waals surface area contributed by atoms with E-state index in [4.69, 9.17) is 4.74 Å². The van der Waals surface area contributed by atoms with Gasteiger partial charge in [0.2, 0.25) is 5.88 Å². The third-order valence-electron chi connectivity index (χ3n) is 4.92. The number of Topliss-reactive ketones (excluding diaryl/α,β-unsaturated/α-hetero) is 1. The Kier molecular flexibility index (Phi) is 5.34. The van der Waals surface area contributed by atoms with Crippen molar-refractivity contribution in [1.82, 2.24) is 15.3 Å². The SMILES string of the molecule is CC(=O)[C@H](Cc1ccccc1)NC(=O)COc1ncnc2sc3c(c12)CCC3. The van der Waals surface area contributed by atoms with Gasteiger partial charge < -0.3 is 10.1 Å². The Morgan fingerprint density at radius 2 is 2.04 bits per heavy atom. The van der Waals surface area contributed by atoms with Crippen LogP contribution in [-0.2, 0) is 28.9 Å². The normalized spacial score (nSPS) is 13.9. The monoisotopic (exact) mass is 395 g/mol. The summed E-state index contributed by atoms with van der Waals surface area (Å²) in [5.74, 6) is 0.0223. The van der Waals surface area contributed by atoms with Crippen molar-refractivity contribution in [3.05, 3.63) is 52.7 Å². The Morgan fingerprint density at radius 1 is 1.21 bits per heavy atom. The topological polar surface area (TPSA) is 81.2 Å². The average Bonchev–Trinajstić information content (AvgIpc) is 3.27. The predicted octanol–water partition coefficient (Wildman–Crippen LogP) is 2.88. The number of benzene rings is 1. The fourth-order valence-corrected chi connectivity index (χ4v) is 4.74. The summed E-state index contributed by atoms with van der Waals surface area (Å²) in [6.45, 7) is 1.30. The molecule has 144 valence electrons. The second-order valence-electron chi connectivity index (χ2n) is 6.93. The standard InChI is InChI=1S/C21H21N3O3S/c1-13(25)16(10-14-6-3-2-4-7-14)24-18(26)11-27-20-19-15-8-5-9-17(15)28-21(19)23-12-22-20/h2-4,6-7,12,16H,5,8-11H2,1H3,(H,24,26)/t16-/m0/s1. The zero-order valence-corrected chi connectivity index (χ0v) is 16.4. The van der Waals surface area contributed by atoms with Gasteiger partial charge in [0.05, 0.1) is 11.4 Å². The van der Waals surface area contributed by atoms with Crippen LogP contribution in [0, 0.1) is 0 Å². The number of aryl methyl sites for hydroxylation is 2. The average molecular weight is 395 g/mol. The van der Waals surface area contributed by atoms with Gasteiger partial charge in [-0.15, -0.1) is 11.3 Å². The molecule has 2 aromatic heterocycles. The zero-order valence-electron chi connectivity index (χ0n) is 15.6. The number of hydrogen-bond acceptors (Lipinski definition) is 6. The molecule has 1 atom stereocenters. The highest BCUT2D eigenvalue weighted by Crippen LogP contribution is 2.39. The lowest BCUT2D eigenvalue weighted by molar-refractivity contribution is -0.128. The van der Waals surface area contributed by atoms with Crippen molar-refractivity contribution in [2.24, 2.45) is 0 Å². The van der Waals surface area contributed by atoms with Gasteiger partial charge in [-0.25, -0.2) is 9.97 Å². The van der Waals surface area contributed by atoms with E-state index in [1.54, 1.807) is 11.3 Å². The number of ketones is 1. The van der Waals surface area contributed by atoms with Crippen molar-refractivity contribution in [2.75, 3.05) is 6.61 Å². The number of thiophene rings is 1. The first-order chi connectivity index (χ1) is 13.6. The Hall–Kier alpha value is -2.80. The highest BCUT2D eigenvalue weighted by atomic mass is 32.1. The van der Waals surface area contributed by atoms with Gasteiger partial charge in [0.1, 0.15) is 11.2 Å². The van der Waals surface area contributed by atoms with Gasteiger partial charge in [0.25, 0.3) is 5.91 Å². The molecule has 0 saturated carbocycles. The van der Waals surface area contributed by atoms with Crippen LogP contribution in [0.5, 0.6) is 5.88 Å². The van der Waals surface area contributed by atoms with Gasteiger partial charge >= 0.3 is 0 Å². The first-order valence-electron chi connectivity index (χ1n) is 9.33. The molecule has 0 spiro atoms. The summed E-state index contributed by atoms with van der Waals surface area (Å²) in [6.07, 6.45) is 5.11. The maximum Gasteiger partial charge on any atom is 0.258 e. The van der Waals surface area contributed by atoms with Crippen LogP contribution < -0.4 is 10.1 Å². The largest absolute Gasteiger partial charge is 0.467 e. The Balaban J connectivity index is 1.43. The molecule has 0 bridgehead atoms. The van der Waals surface area contributed by atoms with Gasteiger partial charge in [0, 0.05) is 4.88 Å². The quantitative estimate of drug-likeness (QED) is 0.665. The highest BCUT2D eigenvalue weighted by Gasteiger charge is 2.23. The Bertz CT molecular complexity index is 1020. The summed E-state index contributed by atoms with van der Waals surface area (Å²) < 4.78 is 5.73. The minimum absolute atomic E-state index is 0.0858. The minimum atomic E-state index is -0.575. The number of hydrogen-bond donors (Lipinski definition) is 1. The second kappa shape index (κ2) is 8.06. The fourth-order valence-electron chi connectivity index (χ4n) is 3.53. The van der Waals surface area contributed by atoms with E-state index in [0.29, 0.717) is 12.3 Å². The molecule has 2 heterocycles. The lowest BCUT2D eigenvalue weighted by Crippen LogP contribution is -2.43. The van der Waals surface area contributed by atoms with Crippen LogP contribution >= 0.6 is 11.3 Å². The Morgan fingerprint density at radius 3 is 2.82 bits per heavy atom.